The van der Waals surface area contributed by atoms with Crippen LogP contribution in [0.25, 0.3) is 0 Å². The Labute approximate surface area is 175 Å². The first-order valence-corrected chi connectivity index (χ1v) is 9.18. The number of halogens is 1. The summed E-state index contributed by atoms with van der Waals surface area (Å²) in [4.78, 5) is 18.6. The highest BCUT2D eigenvalue weighted by molar-refractivity contribution is 14.0. The van der Waals surface area contributed by atoms with Crippen LogP contribution in [0.3, 0.4) is 0 Å². The number of nitrogens with zero attached hydrogens (tertiary/aromatic N) is 2. The minimum atomic E-state index is -0.210. The molecular formula is C20H33IN4O. The molecule has 2 rings (SSSR count). The van der Waals surface area contributed by atoms with Crippen LogP contribution in [0.5, 0.6) is 0 Å². The van der Waals surface area contributed by atoms with E-state index < -0.39 is 0 Å². The van der Waals surface area contributed by atoms with Gasteiger partial charge in [-0.05, 0) is 51.5 Å². The van der Waals surface area contributed by atoms with Crippen LogP contribution < -0.4 is 10.6 Å². The van der Waals surface area contributed by atoms with Gasteiger partial charge in [-0.1, -0.05) is 30.3 Å². The monoisotopic (exact) mass is 472 g/mol. The standard InChI is InChI=1S/C20H32N4O.HI/c1-20(2,3)23-18(25)15-22-19(21-4)24-12-10-17(11-13-24)14-16-8-6-5-7-9-16;/h5-9,17H,10-15H2,1-4H3,(H,21,22)(H,23,25);1H. The summed E-state index contributed by atoms with van der Waals surface area (Å²) >= 11 is 0. The van der Waals surface area contributed by atoms with Crippen LogP contribution in [0.1, 0.15) is 39.2 Å². The maximum atomic E-state index is 12.0. The summed E-state index contributed by atoms with van der Waals surface area (Å²) in [7, 11) is 1.78. The number of carbonyl (C=O) groups is 1. The molecule has 0 saturated carbocycles. The second-order valence-electron chi connectivity index (χ2n) is 7.82. The zero-order chi connectivity index (χ0) is 18.3. The van der Waals surface area contributed by atoms with Crippen LogP contribution in [0, 0.1) is 5.92 Å². The number of hydrogen-bond donors (Lipinski definition) is 2. The van der Waals surface area contributed by atoms with Gasteiger partial charge in [0, 0.05) is 25.7 Å². The maximum Gasteiger partial charge on any atom is 0.239 e. The van der Waals surface area contributed by atoms with E-state index >= 15 is 0 Å². The van der Waals surface area contributed by atoms with Crippen molar-refractivity contribution in [3.63, 3.8) is 0 Å². The smallest absolute Gasteiger partial charge is 0.239 e. The largest absolute Gasteiger partial charge is 0.350 e. The van der Waals surface area contributed by atoms with E-state index in [1.54, 1.807) is 7.05 Å². The summed E-state index contributed by atoms with van der Waals surface area (Å²) in [6.07, 6.45) is 3.46. The van der Waals surface area contributed by atoms with Gasteiger partial charge in [-0.2, -0.15) is 0 Å². The van der Waals surface area contributed by atoms with Gasteiger partial charge in [0.15, 0.2) is 5.96 Å². The van der Waals surface area contributed by atoms with Gasteiger partial charge in [0.2, 0.25) is 5.91 Å². The van der Waals surface area contributed by atoms with E-state index in [9.17, 15) is 4.79 Å². The number of carbonyl (C=O) groups excluding carboxylic acids is 1. The summed E-state index contributed by atoms with van der Waals surface area (Å²) in [6.45, 7) is 8.18. The molecule has 2 N–H and O–H groups in total. The quantitative estimate of drug-likeness (QED) is 0.403. The zero-order valence-electron chi connectivity index (χ0n) is 16.4. The van der Waals surface area contributed by atoms with Gasteiger partial charge >= 0.3 is 0 Å². The third-order valence-corrected chi connectivity index (χ3v) is 4.41. The Kier molecular flexibility index (Phi) is 9.39. The molecule has 1 heterocycles. The van der Waals surface area contributed by atoms with Crippen molar-refractivity contribution in [1.82, 2.24) is 15.5 Å². The minimum Gasteiger partial charge on any atom is -0.350 e. The molecular weight excluding hydrogens is 439 g/mol. The van der Waals surface area contributed by atoms with Gasteiger partial charge in [-0.25, -0.2) is 0 Å². The molecule has 1 aromatic carbocycles. The van der Waals surface area contributed by atoms with Crippen LogP contribution in [-0.4, -0.2) is 49.0 Å². The van der Waals surface area contributed by atoms with Crippen molar-refractivity contribution in [3.05, 3.63) is 35.9 Å². The number of guanidine groups is 1. The first kappa shape index (κ1) is 22.7. The molecule has 146 valence electrons. The number of nitrogens with one attached hydrogen (secondary N) is 2. The Morgan fingerprint density at radius 1 is 1.19 bits per heavy atom. The van der Waals surface area contributed by atoms with Crippen molar-refractivity contribution >= 4 is 35.8 Å². The van der Waals surface area contributed by atoms with Crippen LogP contribution in [0.15, 0.2) is 35.3 Å². The number of rotatable bonds is 4. The Balaban J connectivity index is 0.00000338. The SMILES string of the molecule is CN=C(NCC(=O)NC(C)(C)C)N1CCC(Cc2ccccc2)CC1.I. The van der Waals surface area contributed by atoms with E-state index in [2.05, 4.69) is 50.9 Å². The highest BCUT2D eigenvalue weighted by Crippen LogP contribution is 2.21. The predicted molar refractivity (Wildman–Crippen MR) is 119 cm³/mol. The molecule has 0 spiro atoms. The minimum absolute atomic E-state index is 0. The molecule has 0 radical (unpaired) electrons. The van der Waals surface area contributed by atoms with Crippen molar-refractivity contribution in [2.24, 2.45) is 10.9 Å². The predicted octanol–water partition coefficient (Wildman–Crippen LogP) is 3.05. The first-order chi connectivity index (χ1) is 11.9. The highest BCUT2D eigenvalue weighted by atomic mass is 127. The van der Waals surface area contributed by atoms with Crippen LogP contribution in [0.4, 0.5) is 0 Å². The number of likely N-dealkylation sites (tertiary alicyclic amines) is 1. The van der Waals surface area contributed by atoms with Gasteiger partial charge in [0.25, 0.3) is 0 Å². The van der Waals surface area contributed by atoms with E-state index in [0.717, 1.165) is 44.2 Å². The van der Waals surface area contributed by atoms with Crippen molar-refractivity contribution in [2.75, 3.05) is 26.7 Å². The fourth-order valence-electron chi connectivity index (χ4n) is 3.25. The molecule has 26 heavy (non-hydrogen) atoms. The number of amides is 1. The van der Waals surface area contributed by atoms with Crippen molar-refractivity contribution in [1.29, 1.82) is 0 Å². The molecule has 1 saturated heterocycles. The van der Waals surface area contributed by atoms with Gasteiger partial charge in [-0.15, -0.1) is 24.0 Å². The lowest BCUT2D eigenvalue weighted by Crippen LogP contribution is -2.50. The molecule has 0 atom stereocenters. The number of hydrogen-bond acceptors (Lipinski definition) is 2. The molecule has 5 nitrogen and oxygen atoms in total. The fourth-order valence-corrected chi connectivity index (χ4v) is 3.25. The van der Waals surface area contributed by atoms with E-state index in [0.29, 0.717) is 0 Å². The molecule has 1 fully saturated rings. The molecule has 0 bridgehead atoms. The summed E-state index contributed by atoms with van der Waals surface area (Å²) < 4.78 is 0. The van der Waals surface area contributed by atoms with E-state index in [1.807, 2.05) is 20.8 Å². The molecule has 1 aliphatic heterocycles. The average Bonchev–Trinajstić information content (AvgIpc) is 2.56. The maximum absolute atomic E-state index is 12.0. The van der Waals surface area contributed by atoms with E-state index in [-0.39, 0.29) is 42.0 Å². The lowest BCUT2D eigenvalue weighted by atomic mass is 9.90. The average molecular weight is 472 g/mol. The summed E-state index contributed by atoms with van der Waals surface area (Å²) in [6, 6.07) is 10.7. The van der Waals surface area contributed by atoms with Crippen LogP contribution >= 0.6 is 24.0 Å². The lowest BCUT2D eigenvalue weighted by molar-refractivity contribution is -0.121. The third kappa shape index (κ3) is 7.93. The van der Waals surface area contributed by atoms with Crippen molar-refractivity contribution in [3.8, 4) is 0 Å². The number of aliphatic imine (C=N–C) groups is 1. The van der Waals surface area contributed by atoms with Crippen LogP contribution in [0.2, 0.25) is 0 Å². The van der Waals surface area contributed by atoms with Crippen molar-refractivity contribution < 1.29 is 4.79 Å². The number of benzene rings is 1. The normalized spacial score (nSPS) is 16.0. The summed E-state index contributed by atoms with van der Waals surface area (Å²) in [5.41, 5.74) is 1.21. The van der Waals surface area contributed by atoms with Gasteiger partial charge in [0.05, 0.1) is 6.54 Å². The zero-order valence-corrected chi connectivity index (χ0v) is 18.7. The van der Waals surface area contributed by atoms with Crippen LogP contribution in [-0.2, 0) is 11.2 Å². The second-order valence-corrected chi connectivity index (χ2v) is 7.82. The Bertz CT molecular complexity index is 575. The highest BCUT2D eigenvalue weighted by Gasteiger charge is 2.22. The first-order valence-electron chi connectivity index (χ1n) is 9.18. The Hall–Kier alpha value is -1.31. The molecule has 6 heteroatoms. The van der Waals surface area contributed by atoms with E-state index in [4.69, 9.17) is 0 Å². The summed E-state index contributed by atoms with van der Waals surface area (Å²) in [5.74, 6) is 1.54. The molecule has 0 aromatic heterocycles. The van der Waals surface area contributed by atoms with Gasteiger partial charge in [0.1, 0.15) is 0 Å². The second kappa shape index (κ2) is 10.7. The Morgan fingerprint density at radius 3 is 2.35 bits per heavy atom. The number of piperidine rings is 1. The molecule has 1 amide bonds. The molecule has 1 aromatic rings. The molecule has 1 aliphatic rings. The molecule has 0 aliphatic carbocycles. The van der Waals surface area contributed by atoms with E-state index in [1.165, 1.54) is 5.56 Å². The summed E-state index contributed by atoms with van der Waals surface area (Å²) in [5, 5.41) is 6.15. The topological polar surface area (TPSA) is 56.7 Å². The fraction of sp³-hybridized carbons (Fsp3) is 0.600. The Morgan fingerprint density at radius 2 is 1.81 bits per heavy atom. The van der Waals surface area contributed by atoms with Gasteiger partial charge < -0.3 is 15.5 Å². The van der Waals surface area contributed by atoms with Crippen molar-refractivity contribution in [2.45, 2.75) is 45.6 Å². The van der Waals surface area contributed by atoms with Gasteiger partial charge in [-0.3, -0.25) is 9.79 Å². The lowest BCUT2D eigenvalue weighted by Gasteiger charge is -2.34. The molecule has 0 unspecified atom stereocenters. The third-order valence-electron chi connectivity index (χ3n) is 4.41.